The molecule has 2 heterocycles. The molecule has 0 bridgehead atoms. The fraction of sp³-hybridized carbons (Fsp3) is 0.933. The van der Waals surface area contributed by atoms with Crippen LogP contribution in [-0.4, -0.2) is 48.9 Å². The summed E-state index contributed by atoms with van der Waals surface area (Å²) in [6, 6.07) is 0. The van der Waals surface area contributed by atoms with Crippen LogP contribution in [0.3, 0.4) is 0 Å². The Morgan fingerprint density at radius 2 is 2.10 bits per heavy atom. The van der Waals surface area contributed by atoms with Gasteiger partial charge in [-0.1, -0.05) is 0 Å². The van der Waals surface area contributed by atoms with Crippen LogP contribution in [-0.2, 0) is 4.74 Å². The third-order valence-corrected chi connectivity index (χ3v) is 4.16. The van der Waals surface area contributed by atoms with Gasteiger partial charge in [0.25, 0.3) is 0 Å². The van der Waals surface area contributed by atoms with Crippen LogP contribution in [0, 0.1) is 11.8 Å². The first-order valence-electron chi connectivity index (χ1n) is 7.69. The molecule has 0 radical (unpaired) electrons. The molecule has 5 heteroatoms. The number of ether oxygens (including phenoxy) is 1. The third kappa shape index (κ3) is 4.08. The van der Waals surface area contributed by atoms with Crippen molar-refractivity contribution in [3.05, 3.63) is 0 Å². The number of rotatable bonds is 1. The standard InChI is InChI=1S/C15H27FN2O2/c1-15(2,3)20-14(19)18-8-4-5-11(10-18)12-9-17-7-6-13(12)16/h11-13,17H,4-10H2,1-3H3. The molecule has 2 aliphatic heterocycles. The summed E-state index contributed by atoms with van der Waals surface area (Å²) in [5, 5.41) is 3.27. The molecule has 0 spiro atoms. The third-order valence-electron chi connectivity index (χ3n) is 4.16. The van der Waals surface area contributed by atoms with E-state index in [2.05, 4.69) is 5.32 Å². The molecule has 0 aromatic carbocycles. The molecule has 3 unspecified atom stereocenters. The molecule has 1 amide bonds. The molecule has 0 aliphatic carbocycles. The normalized spacial score (nSPS) is 32.0. The van der Waals surface area contributed by atoms with Crippen LogP contribution in [0.15, 0.2) is 0 Å². The molecule has 1 N–H and O–H groups in total. The van der Waals surface area contributed by atoms with Gasteiger partial charge in [-0.05, 0) is 52.5 Å². The number of alkyl halides is 1. The minimum atomic E-state index is -0.736. The van der Waals surface area contributed by atoms with E-state index in [-0.39, 0.29) is 17.9 Å². The monoisotopic (exact) mass is 286 g/mol. The lowest BCUT2D eigenvalue weighted by Gasteiger charge is -2.40. The van der Waals surface area contributed by atoms with E-state index >= 15 is 0 Å². The number of carbonyl (C=O) groups is 1. The number of hydrogen-bond donors (Lipinski definition) is 1. The van der Waals surface area contributed by atoms with Gasteiger partial charge >= 0.3 is 6.09 Å². The van der Waals surface area contributed by atoms with Gasteiger partial charge < -0.3 is 15.0 Å². The molecular formula is C15H27FN2O2. The zero-order valence-corrected chi connectivity index (χ0v) is 12.8. The highest BCUT2D eigenvalue weighted by Crippen LogP contribution is 2.30. The van der Waals surface area contributed by atoms with Crippen molar-refractivity contribution in [2.24, 2.45) is 11.8 Å². The summed E-state index contributed by atoms with van der Waals surface area (Å²) in [5.74, 6) is 0.285. The van der Waals surface area contributed by atoms with Gasteiger partial charge in [-0.25, -0.2) is 9.18 Å². The molecule has 4 nitrogen and oxygen atoms in total. The Morgan fingerprint density at radius 3 is 2.75 bits per heavy atom. The first-order chi connectivity index (χ1) is 9.37. The zero-order valence-electron chi connectivity index (χ0n) is 12.8. The lowest BCUT2D eigenvalue weighted by atomic mass is 9.80. The van der Waals surface area contributed by atoms with Crippen molar-refractivity contribution >= 4 is 6.09 Å². The van der Waals surface area contributed by atoms with Crippen LogP contribution in [0.5, 0.6) is 0 Å². The summed E-state index contributed by atoms with van der Waals surface area (Å²) in [6.07, 6.45) is 1.54. The van der Waals surface area contributed by atoms with E-state index in [1.54, 1.807) is 4.90 Å². The molecule has 0 saturated carbocycles. The zero-order chi connectivity index (χ0) is 14.8. The van der Waals surface area contributed by atoms with E-state index in [4.69, 9.17) is 4.74 Å². The number of carbonyl (C=O) groups excluding carboxylic acids is 1. The smallest absolute Gasteiger partial charge is 0.410 e. The summed E-state index contributed by atoms with van der Waals surface area (Å²) in [5.41, 5.74) is -0.473. The Kier molecular flexibility index (Phi) is 4.89. The Morgan fingerprint density at radius 1 is 1.35 bits per heavy atom. The number of piperidine rings is 2. The maximum Gasteiger partial charge on any atom is 0.410 e. The number of hydrogen-bond acceptors (Lipinski definition) is 3. The first-order valence-corrected chi connectivity index (χ1v) is 7.69. The van der Waals surface area contributed by atoms with Crippen LogP contribution in [0.25, 0.3) is 0 Å². The average Bonchev–Trinajstić information content (AvgIpc) is 2.37. The van der Waals surface area contributed by atoms with Crippen LogP contribution < -0.4 is 5.32 Å². The molecular weight excluding hydrogens is 259 g/mol. The highest BCUT2D eigenvalue weighted by Gasteiger charge is 2.36. The van der Waals surface area contributed by atoms with Gasteiger partial charge in [0.05, 0.1) is 0 Å². The quantitative estimate of drug-likeness (QED) is 0.805. The predicted molar refractivity (Wildman–Crippen MR) is 76.4 cm³/mol. The number of nitrogens with one attached hydrogen (secondary N) is 1. The van der Waals surface area contributed by atoms with E-state index < -0.39 is 11.8 Å². The topological polar surface area (TPSA) is 41.6 Å². The molecule has 0 aromatic rings. The van der Waals surface area contributed by atoms with Gasteiger partial charge in [0.2, 0.25) is 0 Å². The number of amides is 1. The molecule has 116 valence electrons. The van der Waals surface area contributed by atoms with E-state index in [1.165, 1.54) is 0 Å². The van der Waals surface area contributed by atoms with Gasteiger partial charge in [0, 0.05) is 25.6 Å². The summed E-state index contributed by atoms with van der Waals surface area (Å²) in [6.45, 7) is 8.46. The maximum absolute atomic E-state index is 14.1. The molecule has 0 aromatic heterocycles. The van der Waals surface area contributed by atoms with Crippen LogP contribution >= 0.6 is 0 Å². The van der Waals surface area contributed by atoms with Gasteiger partial charge in [0.1, 0.15) is 11.8 Å². The maximum atomic E-state index is 14.1. The number of halogens is 1. The lowest BCUT2D eigenvalue weighted by molar-refractivity contribution is 0.00633. The van der Waals surface area contributed by atoms with Crippen LogP contribution in [0.4, 0.5) is 9.18 Å². The van der Waals surface area contributed by atoms with Crippen molar-refractivity contribution < 1.29 is 13.9 Å². The molecule has 20 heavy (non-hydrogen) atoms. The molecule has 2 saturated heterocycles. The first kappa shape index (κ1) is 15.5. The summed E-state index contributed by atoms with van der Waals surface area (Å²) >= 11 is 0. The minimum Gasteiger partial charge on any atom is -0.444 e. The van der Waals surface area contributed by atoms with Crippen molar-refractivity contribution in [3.8, 4) is 0 Å². The van der Waals surface area contributed by atoms with Gasteiger partial charge in [0.15, 0.2) is 0 Å². The summed E-state index contributed by atoms with van der Waals surface area (Å²) < 4.78 is 19.5. The second kappa shape index (κ2) is 6.29. The SMILES string of the molecule is CC(C)(C)OC(=O)N1CCCC(C2CNCCC2F)C1. The Hall–Kier alpha value is -0.840. The highest BCUT2D eigenvalue weighted by molar-refractivity contribution is 5.68. The molecule has 2 fully saturated rings. The van der Waals surface area contributed by atoms with E-state index in [1.807, 2.05) is 20.8 Å². The Balaban J connectivity index is 1.92. The van der Waals surface area contributed by atoms with Crippen molar-refractivity contribution in [1.82, 2.24) is 10.2 Å². The highest BCUT2D eigenvalue weighted by atomic mass is 19.1. The fourth-order valence-electron chi connectivity index (χ4n) is 3.16. The van der Waals surface area contributed by atoms with Crippen molar-refractivity contribution in [3.63, 3.8) is 0 Å². The summed E-state index contributed by atoms with van der Waals surface area (Å²) in [4.78, 5) is 13.9. The van der Waals surface area contributed by atoms with Gasteiger partial charge in [-0.15, -0.1) is 0 Å². The van der Waals surface area contributed by atoms with E-state index in [9.17, 15) is 9.18 Å². The Bertz CT molecular complexity index is 343. The lowest BCUT2D eigenvalue weighted by Crippen LogP contribution is -2.49. The Labute approximate surface area is 121 Å². The second-order valence-corrected chi connectivity index (χ2v) is 7.00. The van der Waals surface area contributed by atoms with E-state index in [0.717, 1.165) is 32.5 Å². The molecule has 2 rings (SSSR count). The van der Waals surface area contributed by atoms with Gasteiger partial charge in [-0.2, -0.15) is 0 Å². The average molecular weight is 286 g/mol. The van der Waals surface area contributed by atoms with Crippen molar-refractivity contribution in [1.29, 1.82) is 0 Å². The molecule has 2 aliphatic rings. The second-order valence-electron chi connectivity index (χ2n) is 7.00. The van der Waals surface area contributed by atoms with Crippen LogP contribution in [0.1, 0.15) is 40.0 Å². The summed E-state index contributed by atoms with van der Waals surface area (Å²) in [7, 11) is 0. The van der Waals surface area contributed by atoms with E-state index in [0.29, 0.717) is 13.0 Å². The molecule has 3 atom stereocenters. The van der Waals surface area contributed by atoms with Crippen molar-refractivity contribution in [2.45, 2.75) is 51.8 Å². The largest absolute Gasteiger partial charge is 0.444 e. The van der Waals surface area contributed by atoms with Crippen LogP contribution in [0.2, 0.25) is 0 Å². The minimum absolute atomic E-state index is 0.0361. The van der Waals surface area contributed by atoms with Gasteiger partial charge in [-0.3, -0.25) is 0 Å². The fourth-order valence-corrected chi connectivity index (χ4v) is 3.16. The van der Waals surface area contributed by atoms with Crippen molar-refractivity contribution in [2.75, 3.05) is 26.2 Å². The number of nitrogens with zero attached hydrogens (tertiary/aromatic N) is 1. The number of likely N-dealkylation sites (tertiary alicyclic amines) is 1. The predicted octanol–water partition coefficient (Wildman–Crippen LogP) is 2.58.